The third-order valence-corrected chi connectivity index (χ3v) is 7.81. The number of aromatic nitrogens is 3. The first-order valence-corrected chi connectivity index (χ1v) is 12.7. The number of nitrogens with zero attached hydrogens (tertiary/aromatic N) is 4. The third kappa shape index (κ3) is 4.53. The summed E-state index contributed by atoms with van der Waals surface area (Å²) in [6, 6.07) is 4.88. The van der Waals surface area contributed by atoms with Gasteiger partial charge in [-0.2, -0.15) is 0 Å². The van der Waals surface area contributed by atoms with E-state index >= 15 is 0 Å². The van der Waals surface area contributed by atoms with E-state index in [9.17, 15) is 22.8 Å². The molecular formula is C27H30F3N5O3. The van der Waals surface area contributed by atoms with Crippen molar-refractivity contribution in [2.75, 3.05) is 25.5 Å². The topological polar surface area (TPSA) is 89.3 Å². The Kier molecular flexibility index (Phi) is 6.89. The number of aryl methyl sites for hydroxylation is 1. The minimum Gasteiger partial charge on any atom is -0.373 e. The van der Waals surface area contributed by atoms with E-state index in [1.165, 1.54) is 23.0 Å². The fourth-order valence-corrected chi connectivity index (χ4v) is 5.33. The molecule has 5 rings (SSSR count). The number of fused-ring (bicyclic) bond motifs is 1. The summed E-state index contributed by atoms with van der Waals surface area (Å²) in [5.41, 5.74) is -0.986. The molecule has 2 aliphatic rings. The van der Waals surface area contributed by atoms with Crippen molar-refractivity contribution in [1.29, 1.82) is 0 Å². The summed E-state index contributed by atoms with van der Waals surface area (Å²) in [6.45, 7) is 2.61. The Balaban J connectivity index is 1.51. The maximum absolute atomic E-state index is 14.8. The SMILES string of the molecule is COC1(c2cc3c(N[C@H](C)c4cccc(C(F)F)c4F)ncnc3n(C)c2=O)CCN(C(=O)C2CC2)CC1. The summed E-state index contributed by atoms with van der Waals surface area (Å²) in [5, 5.41) is 3.62. The van der Waals surface area contributed by atoms with Gasteiger partial charge in [-0.3, -0.25) is 14.2 Å². The number of carbonyl (C=O) groups is 1. The van der Waals surface area contributed by atoms with Crippen LogP contribution in [0, 0.1) is 11.7 Å². The van der Waals surface area contributed by atoms with Crippen LogP contribution in [0.5, 0.6) is 0 Å². The number of likely N-dealkylation sites (tertiary alicyclic amines) is 1. The highest BCUT2D eigenvalue weighted by Crippen LogP contribution is 2.39. The molecule has 1 atom stereocenters. The molecule has 3 aromatic rings. The number of rotatable bonds is 7. The van der Waals surface area contributed by atoms with Crippen molar-refractivity contribution in [3.63, 3.8) is 0 Å². The molecule has 2 fully saturated rings. The number of nitrogens with one attached hydrogen (secondary N) is 1. The van der Waals surface area contributed by atoms with Gasteiger partial charge in [0.2, 0.25) is 5.91 Å². The van der Waals surface area contributed by atoms with Crippen LogP contribution in [0.4, 0.5) is 19.0 Å². The molecule has 11 heteroatoms. The van der Waals surface area contributed by atoms with E-state index in [0.717, 1.165) is 18.9 Å². The van der Waals surface area contributed by atoms with Gasteiger partial charge in [-0.25, -0.2) is 23.1 Å². The van der Waals surface area contributed by atoms with Gasteiger partial charge in [-0.1, -0.05) is 18.2 Å². The summed E-state index contributed by atoms with van der Waals surface area (Å²) in [4.78, 5) is 36.5. The van der Waals surface area contributed by atoms with E-state index in [2.05, 4.69) is 15.3 Å². The minimum atomic E-state index is -2.93. The highest BCUT2D eigenvalue weighted by atomic mass is 19.3. The molecule has 0 bridgehead atoms. The van der Waals surface area contributed by atoms with Gasteiger partial charge in [0.15, 0.2) is 0 Å². The molecule has 1 amide bonds. The summed E-state index contributed by atoms with van der Waals surface area (Å²) < 4.78 is 48.7. The Morgan fingerprint density at radius 2 is 1.87 bits per heavy atom. The van der Waals surface area contributed by atoms with Gasteiger partial charge in [0.25, 0.3) is 12.0 Å². The van der Waals surface area contributed by atoms with Crippen LogP contribution in [0.2, 0.25) is 0 Å². The van der Waals surface area contributed by atoms with Gasteiger partial charge in [0.05, 0.1) is 22.6 Å². The third-order valence-electron chi connectivity index (χ3n) is 7.81. The van der Waals surface area contributed by atoms with Crippen LogP contribution < -0.4 is 10.9 Å². The second-order valence-corrected chi connectivity index (χ2v) is 10.1. The molecule has 1 aromatic carbocycles. The summed E-state index contributed by atoms with van der Waals surface area (Å²) in [5.74, 6) is -0.357. The summed E-state index contributed by atoms with van der Waals surface area (Å²) in [7, 11) is 3.17. The van der Waals surface area contributed by atoms with Crippen LogP contribution in [0.15, 0.2) is 35.4 Å². The first-order valence-electron chi connectivity index (χ1n) is 12.7. The molecule has 202 valence electrons. The number of piperidine rings is 1. The Hall–Kier alpha value is -3.47. The second kappa shape index (κ2) is 10.0. The lowest BCUT2D eigenvalue weighted by Gasteiger charge is -2.41. The van der Waals surface area contributed by atoms with E-state index < -0.39 is 29.4 Å². The quantitative estimate of drug-likeness (QED) is 0.487. The van der Waals surface area contributed by atoms with E-state index in [1.807, 2.05) is 4.90 Å². The van der Waals surface area contributed by atoms with Crippen LogP contribution >= 0.6 is 0 Å². The Morgan fingerprint density at radius 1 is 1.18 bits per heavy atom. The number of pyridine rings is 1. The highest BCUT2D eigenvalue weighted by molar-refractivity contribution is 5.87. The maximum Gasteiger partial charge on any atom is 0.266 e. The van der Waals surface area contributed by atoms with Crippen molar-refractivity contribution in [2.24, 2.45) is 13.0 Å². The van der Waals surface area contributed by atoms with Gasteiger partial charge in [-0.05, 0) is 38.7 Å². The van der Waals surface area contributed by atoms with Crippen LogP contribution in [-0.2, 0) is 22.2 Å². The predicted octanol–water partition coefficient (Wildman–Crippen LogP) is 4.45. The van der Waals surface area contributed by atoms with Gasteiger partial charge >= 0.3 is 0 Å². The number of anilines is 1. The van der Waals surface area contributed by atoms with Crippen LogP contribution in [-0.4, -0.2) is 45.5 Å². The van der Waals surface area contributed by atoms with Crippen LogP contribution in [0.1, 0.15) is 61.8 Å². The lowest BCUT2D eigenvalue weighted by Crippen LogP contribution is -2.49. The lowest BCUT2D eigenvalue weighted by molar-refractivity contribution is -0.138. The first kappa shape index (κ1) is 26.1. The predicted molar refractivity (Wildman–Crippen MR) is 135 cm³/mol. The molecule has 0 radical (unpaired) electrons. The fraction of sp³-hybridized carbons (Fsp3) is 0.481. The molecule has 1 aliphatic heterocycles. The number of benzene rings is 1. The molecule has 1 saturated heterocycles. The standard InChI is InChI=1S/C27H30F3N5O3/c1-15(17-5-4-6-18(21(17)28)22(29)30)33-23-19-13-20(26(37)34(2)24(19)32-14-31-23)27(38-3)9-11-35(12-10-27)25(36)16-7-8-16/h4-6,13-16,22H,7-12H2,1-3H3,(H,31,32,33)/t15-/m1/s1. The Bertz CT molecular complexity index is 1430. The molecule has 1 aliphatic carbocycles. The van der Waals surface area contributed by atoms with Gasteiger partial charge < -0.3 is 15.0 Å². The molecule has 3 heterocycles. The Morgan fingerprint density at radius 3 is 2.50 bits per heavy atom. The summed E-state index contributed by atoms with van der Waals surface area (Å²) in [6.07, 6.45) is 1.13. The molecule has 2 aromatic heterocycles. The molecule has 0 unspecified atom stereocenters. The smallest absolute Gasteiger partial charge is 0.266 e. The molecule has 8 nitrogen and oxygen atoms in total. The zero-order chi connectivity index (χ0) is 27.2. The second-order valence-electron chi connectivity index (χ2n) is 10.1. The van der Waals surface area contributed by atoms with E-state index in [4.69, 9.17) is 4.74 Å². The monoisotopic (exact) mass is 529 g/mol. The van der Waals surface area contributed by atoms with Gasteiger partial charge in [-0.15, -0.1) is 0 Å². The fourth-order valence-electron chi connectivity index (χ4n) is 5.33. The molecular weight excluding hydrogens is 499 g/mol. The average molecular weight is 530 g/mol. The lowest BCUT2D eigenvalue weighted by atomic mass is 9.84. The van der Waals surface area contributed by atoms with Crippen LogP contribution in [0.3, 0.4) is 0 Å². The molecule has 0 spiro atoms. The van der Waals surface area contributed by atoms with Gasteiger partial charge in [0.1, 0.15) is 29.2 Å². The van der Waals surface area contributed by atoms with Crippen LogP contribution in [0.25, 0.3) is 11.0 Å². The number of amides is 1. The average Bonchev–Trinajstić information content (AvgIpc) is 3.76. The van der Waals surface area contributed by atoms with E-state index in [-0.39, 0.29) is 22.9 Å². The van der Waals surface area contributed by atoms with Crippen molar-refractivity contribution in [3.05, 3.63) is 63.5 Å². The summed E-state index contributed by atoms with van der Waals surface area (Å²) >= 11 is 0. The van der Waals surface area contributed by atoms with Gasteiger partial charge in [0, 0.05) is 38.7 Å². The van der Waals surface area contributed by atoms with Crippen molar-refractivity contribution < 1.29 is 22.7 Å². The number of alkyl halides is 2. The zero-order valence-corrected chi connectivity index (χ0v) is 21.5. The normalized spacial score (nSPS) is 18.1. The minimum absolute atomic E-state index is 0.0701. The highest BCUT2D eigenvalue weighted by Gasteiger charge is 2.42. The number of halogens is 3. The molecule has 1 N–H and O–H groups in total. The van der Waals surface area contributed by atoms with Crippen molar-refractivity contribution in [1.82, 2.24) is 19.4 Å². The van der Waals surface area contributed by atoms with Crippen molar-refractivity contribution in [2.45, 2.75) is 50.7 Å². The zero-order valence-electron chi connectivity index (χ0n) is 21.5. The van der Waals surface area contributed by atoms with E-state index in [1.54, 1.807) is 27.1 Å². The number of hydrogen-bond donors (Lipinski definition) is 1. The number of carbonyl (C=O) groups excluding carboxylic acids is 1. The largest absolute Gasteiger partial charge is 0.373 e. The first-order chi connectivity index (χ1) is 18.2. The Labute approximate surface area is 217 Å². The maximum atomic E-state index is 14.8. The molecule has 38 heavy (non-hydrogen) atoms. The van der Waals surface area contributed by atoms with E-state index in [0.29, 0.717) is 48.3 Å². The molecule has 1 saturated carbocycles. The number of ether oxygens (including phenoxy) is 1. The number of methoxy groups -OCH3 is 1. The van der Waals surface area contributed by atoms with Crippen molar-refractivity contribution >= 4 is 22.8 Å². The van der Waals surface area contributed by atoms with Crippen molar-refractivity contribution in [3.8, 4) is 0 Å². The number of hydrogen-bond acceptors (Lipinski definition) is 6.